The molecule has 0 radical (unpaired) electrons. The largest absolute Gasteiger partial charge is 0.496 e. The van der Waals surface area contributed by atoms with Gasteiger partial charge in [-0.15, -0.1) is 0 Å². The van der Waals surface area contributed by atoms with Crippen LogP contribution in [0.25, 0.3) is 5.57 Å². The molecule has 1 N–H and O–H groups in total. The number of halogens is 1. The van der Waals surface area contributed by atoms with Gasteiger partial charge in [-0.3, -0.25) is 9.59 Å². The van der Waals surface area contributed by atoms with E-state index in [1.807, 2.05) is 57.2 Å². The van der Waals surface area contributed by atoms with Gasteiger partial charge < -0.3 is 10.1 Å². The van der Waals surface area contributed by atoms with Crippen LogP contribution in [0, 0.1) is 20.8 Å². The highest BCUT2D eigenvalue weighted by atomic mass is 35.5. The Kier molecular flexibility index (Phi) is 5.76. The van der Waals surface area contributed by atoms with Gasteiger partial charge in [-0.1, -0.05) is 41.9 Å². The molecule has 5 nitrogen and oxygen atoms in total. The molecule has 3 aromatic rings. The Labute approximate surface area is 192 Å². The highest BCUT2D eigenvalue weighted by molar-refractivity contribution is 6.46. The number of amides is 2. The van der Waals surface area contributed by atoms with Crippen molar-refractivity contribution in [3.05, 3.63) is 93.6 Å². The summed E-state index contributed by atoms with van der Waals surface area (Å²) in [5, 5.41) is 3.71. The maximum absolute atomic E-state index is 13.6. The van der Waals surface area contributed by atoms with Crippen LogP contribution in [0.2, 0.25) is 5.02 Å². The number of imide groups is 1. The first-order valence-corrected chi connectivity index (χ1v) is 10.6. The third-order valence-corrected chi connectivity index (χ3v) is 6.06. The fraction of sp³-hybridized carbons (Fsp3) is 0.154. The van der Waals surface area contributed by atoms with Gasteiger partial charge in [0.15, 0.2) is 0 Å². The molecule has 6 heteroatoms. The van der Waals surface area contributed by atoms with Crippen molar-refractivity contribution in [1.82, 2.24) is 0 Å². The van der Waals surface area contributed by atoms with Crippen LogP contribution in [-0.2, 0) is 9.59 Å². The maximum atomic E-state index is 13.6. The molecule has 0 aliphatic carbocycles. The second kappa shape index (κ2) is 8.52. The van der Waals surface area contributed by atoms with E-state index in [1.165, 1.54) is 12.0 Å². The number of carbonyl (C=O) groups excluding carboxylic acids is 2. The first kappa shape index (κ1) is 21.7. The zero-order chi connectivity index (χ0) is 23.0. The van der Waals surface area contributed by atoms with Crippen molar-refractivity contribution < 1.29 is 14.3 Å². The molecule has 0 unspecified atom stereocenters. The summed E-state index contributed by atoms with van der Waals surface area (Å²) in [6, 6.07) is 18.1. The van der Waals surface area contributed by atoms with Crippen molar-refractivity contribution in [2.45, 2.75) is 20.8 Å². The van der Waals surface area contributed by atoms with E-state index in [4.69, 9.17) is 16.3 Å². The van der Waals surface area contributed by atoms with Crippen molar-refractivity contribution in [2.75, 3.05) is 17.3 Å². The van der Waals surface area contributed by atoms with Crippen molar-refractivity contribution in [2.24, 2.45) is 0 Å². The summed E-state index contributed by atoms with van der Waals surface area (Å²) in [5.74, 6) is -0.342. The number of ether oxygens (including phenoxy) is 1. The van der Waals surface area contributed by atoms with Crippen LogP contribution in [0.3, 0.4) is 0 Å². The van der Waals surface area contributed by atoms with E-state index in [0.29, 0.717) is 27.7 Å². The normalized spacial score (nSPS) is 13.7. The minimum absolute atomic E-state index is 0.178. The molecule has 0 atom stereocenters. The molecule has 0 spiro atoms. The predicted molar refractivity (Wildman–Crippen MR) is 128 cm³/mol. The molecular weight excluding hydrogens is 424 g/mol. The fourth-order valence-electron chi connectivity index (χ4n) is 3.66. The number of rotatable bonds is 5. The smallest absolute Gasteiger partial charge is 0.282 e. The first-order chi connectivity index (χ1) is 15.3. The van der Waals surface area contributed by atoms with Gasteiger partial charge in [0.05, 0.1) is 18.4 Å². The topological polar surface area (TPSA) is 58.6 Å². The van der Waals surface area contributed by atoms with Gasteiger partial charge in [-0.05, 0) is 67.8 Å². The summed E-state index contributed by atoms with van der Waals surface area (Å²) >= 11 is 6.28. The molecule has 0 saturated carbocycles. The van der Waals surface area contributed by atoms with Gasteiger partial charge in [0, 0.05) is 16.3 Å². The molecule has 0 saturated heterocycles. The van der Waals surface area contributed by atoms with E-state index in [2.05, 4.69) is 5.32 Å². The quantitative estimate of drug-likeness (QED) is 0.513. The Hall–Kier alpha value is -3.57. The molecular formula is C26H23ClN2O3. The second-order valence-corrected chi connectivity index (χ2v) is 8.16. The van der Waals surface area contributed by atoms with E-state index in [-0.39, 0.29) is 11.3 Å². The van der Waals surface area contributed by atoms with Gasteiger partial charge in [0.25, 0.3) is 11.8 Å². The van der Waals surface area contributed by atoms with Gasteiger partial charge in [0.2, 0.25) is 0 Å². The van der Waals surface area contributed by atoms with E-state index in [0.717, 1.165) is 16.7 Å². The Morgan fingerprint density at radius 3 is 2.25 bits per heavy atom. The van der Waals surface area contributed by atoms with Crippen LogP contribution >= 0.6 is 11.6 Å². The number of nitrogens with zero attached hydrogens (tertiary/aromatic N) is 1. The number of benzene rings is 3. The predicted octanol–water partition coefficient (Wildman–Crippen LogP) is 5.67. The highest BCUT2D eigenvalue weighted by Gasteiger charge is 2.41. The van der Waals surface area contributed by atoms with Crippen LogP contribution < -0.4 is 15.0 Å². The van der Waals surface area contributed by atoms with Crippen molar-refractivity contribution in [3.63, 3.8) is 0 Å². The number of nitrogens with one attached hydrogen (secondary N) is 1. The lowest BCUT2D eigenvalue weighted by atomic mass is 10.0. The monoisotopic (exact) mass is 446 g/mol. The number of hydrogen-bond acceptors (Lipinski definition) is 4. The summed E-state index contributed by atoms with van der Waals surface area (Å²) in [6.07, 6.45) is 0. The Bertz CT molecular complexity index is 1280. The summed E-state index contributed by atoms with van der Waals surface area (Å²) in [6.45, 7) is 5.84. The Morgan fingerprint density at radius 2 is 1.56 bits per heavy atom. The zero-order valence-electron chi connectivity index (χ0n) is 18.3. The van der Waals surface area contributed by atoms with E-state index in [9.17, 15) is 9.59 Å². The third kappa shape index (κ3) is 3.76. The summed E-state index contributed by atoms with van der Waals surface area (Å²) < 4.78 is 5.49. The van der Waals surface area contributed by atoms with Gasteiger partial charge in [0.1, 0.15) is 11.4 Å². The average Bonchev–Trinajstić information content (AvgIpc) is 3.02. The van der Waals surface area contributed by atoms with E-state index >= 15 is 0 Å². The van der Waals surface area contributed by atoms with E-state index in [1.54, 1.807) is 24.3 Å². The van der Waals surface area contributed by atoms with E-state index < -0.39 is 11.8 Å². The molecule has 0 aromatic heterocycles. The lowest BCUT2D eigenvalue weighted by Gasteiger charge is -2.17. The van der Waals surface area contributed by atoms with Gasteiger partial charge >= 0.3 is 0 Å². The first-order valence-electron chi connectivity index (χ1n) is 10.2. The number of carbonyl (C=O) groups is 2. The standard InChI is InChI=1S/C26H23ClN2O3/c1-15-10-12-19(13-17(15)3)29-25(30)23(20-7-5-6-8-22(20)32-4)24(26(29)31)28-18-11-9-16(2)21(27)14-18/h5-14,28H,1-4H3. The number of para-hydroxylation sites is 1. The van der Waals surface area contributed by atoms with Crippen molar-refractivity contribution in [3.8, 4) is 5.75 Å². The number of aryl methyl sites for hydroxylation is 3. The maximum Gasteiger partial charge on any atom is 0.282 e. The molecule has 1 heterocycles. The minimum atomic E-state index is -0.434. The molecule has 3 aromatic carbocycles. The SMILES string of the molecule is COc1ccccc1C1=C(Nc2ccc(C)c(Cl)c2)C(=O)N(c2ccc(C)c(C)c2)C1=O. The number of anilines is 2. The van der Waals surface area contributed by atoms with Crippen LogP contribution in [0.5, 0.6) is 5.75 Å². The Balaban J connectivity index is 1.87. The van der Waals surface area contributed by atoms with Crippen LogP contribution in [-0.4, -0.2) is 18.9 Å². The lowest BCUT2D eigenvalue weighted by molar-refractivity contribution is -0.120. The molecule has 2 amide bonds. The molecule has 0 bridgehead atoms. The van der Waals surface area contributed by atoms with Crippen molar-refractivity contribution >= 4 is 40.4 Å². The molecule has 162 valence electrons. The van der Waals surface area contributed by atoms with Crippen LogP contribution in [0.15, 0.2) is 66.4 Å². The molecule has 1 aliphatic heterocycles. The Morgan fingerprint density at radius 1 is 0.844 bits per heavy atom. The van der Waals surface area contributed by atoms with Crippen LogP contribution in [0.4, 0.5) is 11.4 Å². The number of hydrogen-bond donors (Lipinski definition) is 1. The minimum Gasteiger partial charge on any atom is -0.496 e. The van der Waals surface area contributed by atoms with Gasteiger partial charge in [-0.2, -0.15) is 0 Å². The second-order valence-electron chi connectivity index (χ2n) is 7.75. The lowest BCUT2D eigenvalue weighted by Crippen LogP contribution is -2.32. The summed E-state index contributed by atoms with van der Waals surface area (Å²) in [7, 11) is 1.54. The summed E-state index contributed by atoms with van der Waals surface area (Å²) in [5.41, 5.74) is 5.11. The zero-order valence-corrected chi connectivity index (χ0v) is 19.1. The van der Waals surface area contributed by atoms with Crippen molar-refractivity contribution in [1.29, 1.82) is 0 Å². The van der Waals surface area contributed by atoms with Gasteiger partial charge in [-0.25, -0.2) is 4.90 Å². The third-order valence-electron chi connectivity index (χ3n) is 5.65. The molecule has 1 aliphatic rings. The number of methoxy groups -OCH3 is 1. The highest BCUT2D eigenvalue weighted by Crippen LogP contribution is 2.38. The molecule has 4 rings (SSSR count). The van der Waals surface area contributed by atoms with Crippen LogP contribution in [0.1, 0.15) is 22.3 Å². The molecule has 0 fully saturated rings. The average molecular weight is 447 g/mol. The fourth-order valence-corrected chi connectivity index (χ4v) is 3.84. The molecule has 32 heavy (non-hydrogen) atoms. The summed E-state index contributed by atoms with van der Waals surface area (Å²) in [4.78, 5) is 28.4.